The molecule has 2 aromatic heterocycles. The van der Waals surface area contributed by atoms with Crippen LogP contribution in [0.2, 0.25) is 0 Å². The van der Waals surface area contributed by atoms with Crippen molar-refractivity contribution in [3.8, 4) is 0 Å². The molecule has 2 aromatic carbocycles. The molecule has 4 rings (SSSR count). The second-order valence-corrected chi connectivity index (χ2v) is 6.05. The largest absolute Gasteiger partial charge is 0.433 e. The van der Waals surface area contributed by atoms with Crippen molar-refractivity contribution in [2.24, 2.45) is 0 Å². The van der Waals surface area contributed by atoms with Crippen molar-refractivity contribution in [1.29, 1.82) is 0 Å². The zero-order chi connectivity index (χ0) is 19.7. The van der Waals surface area contributed by atoms with Crippen LogP contribution < -0.4 is 0 Å². The van der Waals surface area contributed by atoms with Gasteiger partial charge < -0.3 is 9.47 Å². The number of nitrogens with zero attached hydrogens (tertiary/aromatic N) is 6. The second-order valence-electron chi connectivity index (χ2n) is 6.05. The molecule has 10 heteroatoms. The second kappa shape index (κ2) is 7.06. The summed E-state index contributed by atoms with van der Waals surface area (Å²) in [5.41, 5.74) is 2.42. The van der Waals surface area contributed by atoms with Crippen LogP contribution in [-0.2, 0) is 19.1 Å². The van der Waals surface area contributed by atoms with Crippen LogP contribution in [0.3, 0.4) is 0 Å². The lowest BCUT2D eigenvalue weighted by Crippen LogP contribution is -2.31. The third kappa shape index (κ3) is 3.15. The number of rotatable bonds is 5. The molecule has 0 aliphatic carbocycles. The zero-order valence-electron chi connectivity index (χ0n) is 15.1. The van der Waals surface area contributed by atoms with Crippen LogP contribution in [0, 0.1) is 0 Å². The first-order valence-corrected chi connectivity index (χ1v) is 8.49. The molecular weight excluding hydrogens is 364 g/mol. The van der Waals surface area contributed by atoms with Crippen LogP contribution >= 0.6 is 0 Å². The number of carbonyl (C=O) groups excluding carboxylic acids is 2. The third-order valence-electron chi connectivity index (χ3n) is 4.05. The first-order chi connectivity index (χ1) is 13.5. The van der Waals surface area contributed by atoms with E-state index in [0.717, 1.165) is 0 Å². The van der Waals surface area contributed by atoms with Crippen molar-refractivity contribution in [3.05, 3.63) is 48.5 Å². The highest BCUT2D eigenvalue weighted by Crippen LogP contribution is 2.30. The Morgan fingerprint density at radius 2 is 1.14 bits per heavy atom. The first-order valence-electron chi connectivity index (χ1n) is 8.49. The lowest BCUT2D eigenvalue weighted by Gasteiger charge is -2.26. The summed E-state index contributed by atoms with van der Waals surface area (Å²) in [6.45, 7) is 2.52. The molecule has 10 nitrogen and oxygen atoms in total. The van der Waals surface area contributed by atoms with Gasteiger partial charge in [0.2, 0.25) is 0 Å². The summed E-state index contributed by atoms with van der Waals surface area (Å²) in [6.07, 6.45) is -2.28. The number of carbonyl (C=O) groups is 2. The van der Waals surface area contributed by atoms with Gasteiger partial charge in [-0.2, -0.15) is 9.36 Å². The maximum atomic E-state index is 11.8. The topological polar surface area (TPSA) is 114 Å². The molecule has 2 heterocycles. The average Bonchev–Trinajstić information content (AvgIpc) is 3.28. The number of para-hydroxylation sites is 2. The molecule has 0 radical (unpaired) electrons. The van der Waals surface area contributed by atoms with E-state index in [1.165, 1.54) is 23.2 Å². The Balaban J connectivity index is 1.89. The van der Waals surface area contributed by atoms with Gasteiger partial charge >= 0.3 is 11.9 Å². The molecule has 0 aliphatic rings. The molecule has 2 unspecified atom stereocenters. The molecule has 0 fully saturated rings. The minimum absolute atomic E-state index is 0.578. The molecule has 0 amide bonds. The Morgan fingerprint density at radius 1 is 0.750 bits per heavy atom. The Hall–Kier alpha value is -3.82. The zero-order valence-corrected chi connectivity index (χ0v) is 15.1. The van der Waals surface area contributed by atoms with Gasteiger partial charge in [0.05, 0.1) is 11.0 Å². The van der Waals surface area contributed by atoms with E-state index in [1.807, 2.05) is 12.1 Å². The van der Waals surface area contributed by atoms with Gasteiger partial charge in [-0.15, -0.1) is 10.2 Å². The predicted octanol–water partition coefficient (Wildman–Crippen LogP) is 2.00. The molecule has 0 bridgehead atoms. The number of hydrogen-bond acceptors (Lipinski definition) is 8. The quantitative estimate of drug-likeness (QED) is 0.483. The van der Waals surface area contributed by atoms with E-state index in [2.05, 4.69) is 20.6 Å². The monoisotopic (exact) mass is 380 g/mol. The Bertz CT molecular complexity index is 1080. The molecule has 0 N–H and O–H groups in total. The smallest absolute Gasteiger partial charge is 0.304 e. The van der Waals surface area contributed by atoms with Crippen LogP contribution in [0.4, 0.5) is 0 Å². The molecular formula is C18H16N6O4. The number of hydrogen-bond donors (Lipinski definition) is 0. The van der Waals surface area contributed by atoms with E-state index in [9.17, 15) is 9.59 Å². The van der Waals surface area contributed by atoms with Crippen molar-refractivity contribution in [2.45, 2.75) is 26.3 Å². The minimum atomic E-state index is -1.14. The van der Waals surface area contributed by atoms with Crippen molar-refractivity contribution in [1.82, 2.24) is 30.0 Å². The van der Waals surface area contributed by atoms with Gasteiger partial charge in [-0.1, -0.05) is 34.7 Å². The predicted molar refractivity (Wildman–Crippen MR) is 96.7 cm³/mol. The Labute approximate surface area is 158 Å². The Morgan fingerprint density at radius 3 is 1.54 bits per heavy atom. The van der Waals surface area contributed by atoms with Crippen LogP contribution in [0.25, 0.3) is 22.1 Å². The fourth-order valence-electron chi connectivity index (χ4n) is 2.95. The fraction of sp³-hybridized carbons (Fsp3) is 0.222. The SMILES string of the molecule is CC(=O)OC(C(OC(C)=O)n1nnc2ccccc21)n1nnc2ccccc21. The van der Waals surface area contributed by atoms with Crippen LogP contribution in [-0.4, -0.2) is 41.9 Å². The van der Waals surface area contributed by atoms with E-state index in [4.69, 9.17) is 9.47 Å². The van der Waals surface area contributed by atoms with Gasteiger partial charge in [0.15, 0.2) is 0 Å². The molecule has 0 aliphatic heterocycles. The van der Waals surface area contributed by atoms with Gasteiger partial charge in [0.1, 0.15) is 11.0 Å². The molecule has 4 aromatic rings. The summed E-state index contributed by atoms with van der Waals surface area (Å²) in [7, 11) is 0. The molecule has 142 valence electrons. The Kier molecular flexibility index (Phi) is 4.44. The first kappa shape index (κ1) is 17.6. The van der Waals surface area contributed by atoms with E-state index in [0.29, 0.717) is 22.1 Å². The minimum Gasteiger partial charge on any atom is -0.433 e. The van der Waals surface area contributed by atoms with Gasteiger partial charge in [-0.3, -0.25) is 9.59 Å². The number of aromatic nitrogens is 6. The van der Waals surface area contributed by atoms with Crippen LogP contribution in [0.1, 0.15) is 26.3 Å². The number of fused-ring (bicyclic) bond motifs is 2. The highest BCUT2D eigenvalue weighted by Gasteiger charge is 2.34. The maximum absolute atomic E-state index is 11.8. The van der Waals surface area contributed by atoms with Crippen LogP contribution in [0.15, 0.2) is 48.5 Å². The fourth-order valence-corrected chi connectivity index (χ4v) is 2.95. The number of esters is 2. The molecule has 0 spiro atoms. The summed E-state index contributed by atoms with van der Waals surface area (Å²) in [6, 6.07) is 14.3. The maximum Gasteiger partial charge on any atom is 0.304 e. The normalized spacial score (nSPS) is 13.4. The van der Waals surface area contributed by atoms with Crippen molar-refractivity contribution < 1.29 is 19.1 Å². The summed E-state index contributed by atoms with van der Waals surface area (Å²) in [5.74, 6) is -1.16. The van der Waals surface area contributed by atoms with Crippen molar-refractivity contribution in [2.75, 3.05) is 0 Å². The van der Waals surface area contributed by atoms with E-state index in [1.54, 1.807) is 36.4 Å². The van der Waals surface area contributed by atoms with E-state index in [-0.39, 0.29) is 0 Å². The number of benzene rings is 2. The average molecular weight is 380 g/mol. The lowest BCUT2D eigenvalue weighted by atomic mass is 10.3. The summed E-state index contributed by atoms with van der Waals surface area (Å²) in [4.78, 5) is 23.7. The highest BCUT2D eigenvalue weighted by atomic mass is 16.6. The van der Waals surface area contributed by atoms with Gasteiger partial charge in [0, 0.05) is 13.8 Å². The van der Waals surface area contributed by atoms with Gasteiger partial charge in [0.25, 0.3) is 12.5 Å². The van der Waals surface area contributed by atoms with E-state index >= 15 is 0 Å². The van der Waals surface area contributed by atoms with Crippen molar-refractivity contribution >= 4 is 34.0 Å². The summed E-state index contributed by atoms with van der Waals surface area (Å²) in [5, 5.41) is 16.4. The summed E-state index contributed by atoms with van der Waals surface area (Å²) >= 11 is 0. The highest BCUT2D eigenvalue weighted by molar-refractivity contribution is 5.75. The van der Waals surface area contributed by atoms with Crippen molar-refractivity contribution in [3.63, 3.8) is 0 Å². The van der Waals surface area contributed by atoms with Gasteiger partial charge in [-0.25, -0.2) is 0 Å². The van der Waals surface area contributed by atoms with Gasteiger partial charge in [-0.05, 0) is 24.3 Å². The number of ether oxygens (including phenoxy) is 2. The van der Waals surface area contributed by atoms with E-state index < -0.39 is 24.4 Å². The third-order valence-corrected chi connectivity index (χ3v) is 4.05. The molecule has 0 saturated heterocycles. The lowest BCUT2D eigenvalue weighted by molar-refractivity contribution is -0.186. The molecule has 28 heavy (non-hydrogen) atoms. The summed E-state index contributed by atoms with van der Waals surface area (Å²) < 4.78 is 13.8. The standard InChI is InChI=1S/C18H16N6O4/c1-11(25)27-17(23-15-9-5-3-7-13(15)19-21-23)18(28-12(2)26)24-16-10-6-4-8-14(16)20-22-24/h3-10,17-18H,1-2H3. The van der Waals surface area contributed by atoms with Crippen LogP contribution in [0.5, 0.6) is 0 Å². The molecule has 0 saturated carbocycles. The molecule has 2 atom stereocenters.